The maximum Gasteiger partial charge on any atom is 0.226 e. The SMILES string of the molecule is Cc1ccc(OCCCC(=O)NC(=S)Nc2ccc(Cl)c(Cl)c2)cc1. The number of halogens is 2. The number of carbonyl (C=O) groups is 1. The van der Waals surface area contributed by atoms with Crippen LogP contribution < -0.4 is 15.4 Å². The van der Waals surface area contributed by atoms with Crippen molar-refractivity contribution in [3.8, 4) is 5.75 Å². The fourth-order valence-electron chi connectivity index (χ4n) is 1.98. The van der Waals surface area contributed by atoms with Crippen LogP contribution in [0.2, 0.25) is 10.0 Å². The maximum atomic E-state index is 11.9. The van der Waals surface area contributed by atoms with E-state index in [0.717, 1.165) is 5.75 Å². The van der Waals surface area contributed by atoms with E-state index in [1.165, 1.54) is 5.56 Å². The predicted octanol–water partition coefficient (Wildman–Crippen LogP) is 4.97. The third kappa shape index (κ3) is 6.90. The van der Waals surface area contributed by atoms with Crippen molar-refractivity contribution in [3.63, 3.8) is 0 Å². The Labute approximate surface area is 162 Å². The lowest BCUT2D eigenvalue weighted by molar-refractivity contribution is -0.119. The number of benzene rings is 2. The van der Waals surface area contributed by atoms with Crippen LogP contribution in [0.3, 0.4) is 0 Å². The number of nitrogens with one attached hydrogen (secondary N) is 2. The first-order valence-electron chi connectivity index (χ1n) is 7.69. The number of rotatable bonds is 6. The first-order chi connectivity index (χ1) is 11.9. The minimum Gasteiger partial charge on any atom is -0.494 e. The van der Waals surface area contributed by atoms with Gasteiger partial charge in [-0.3, -0.25) is 4.79 Å². The summed E-state index contributed by atoms with van der Waals surface area (Å²) in [5, 5.41) is 6.58. The van der Waals surface area contributed by atoms with Crippen LogP contribution in [0.15, 0.2) is 42.5 Å². The molecular weight excluding hydrogens is 379 g/mol. The summed E-state index contributed by atoms with van der Waals surface area (Å²) in [6.45, 7) is 2.48. The summed E-state index contributed by atoms with van der Waals surface area (Å²) in [6, 6.07) is 12.8. The summed E-state index contributed by atoms with van der Waals surface area (Å²) in [6.07, 6.45) is 0.907. The molecule has 7 heteroatoms. The van der Waals surface area contributed by atoms with Gasteiger partial charge in [0.25, 0.3) is 0 Å². The number of thiocarbonyl (C=S) groups is 1. The molecule has 0 radical (unpaired) electrons. The number of hydrogen-bond acceptors (Lipinski definition) is 3. The summed E-state index contributed by atoms with van der Waals surface area (Å²) in [7, 11) is 0. The molecule has 0 aromatic heterocycles. The largest absolute Gasteiger partial charge is 0.494 e. The number of amides is 1. The second-order valence-corrected chi connectivity index (χ2v) is 6.62. The molecule has 2 aromatic carbocycles. The minimum atomic E-state index is -0.176. The van der Waals surface area contributed by atoms with Crippen molar-refractivity contribution in [2.75, 3.05) is 11.9 Å². The van der Waals surface area contributed by atoms with Crippen LogP contribution in [0.5, 0.6) is 5.75 Å². The van der Waals surface area contributed by atoms with Crippen molar-refractivity contribution in [2.45, 2.75) is 19.8 Å². The lowest BCUT2D eigenvalue weighted by Crippen LogP contribution is -2.34. The van der Waals surface area contributed by atoms with Gasteiger partial charge in [-0.05, 0) is 55.9 Å². The second-order valence-electron chi connectivity index (χ2n) is 5.40. The molecule has 1 amide bonds. The Morgan fingerprint density at radius 3 is 2.52 bits per heavy atom. The van der Waals surface area contributed by atoms with Gasteiger partial charge >= 0.3 is 0 Å². The zero-order valence-corrected chi connectivity index (χ0v) is 16.0. The van der Waals surface area contributed by atoms with Gasteiger partial charge < -0.3 is 15.4 Å². The molecule has 0 saturated carbocycles. The number of ether oxygens (including phenoxy) is 1. The van der Waals surface area contributed by atoms with Crippen molar-refractivity contribution in [1.29, 1.82) is 0 Å². The van der Waals surface area contributed by atoms with Crippen molar-refractivity contribution >= 4 is 52.1 Å². The van der Waals surface area contributed by atoms with Crippen LogP contribution in [0, 0.1) is 6.92 Å². The molecule has 2 aromatic rings. The molecule has 2 rings (SSSR count). The van der Waals surface area contributed by atoms with Gasteiger partial charge in [-0.1, -0.05) is 40.9 Å². The molecule has 132 valence electrons. The zero-order valence-electron chi connectivity index (χ0n) is 13.6. The molecule has 0 unspecified atom stereocenters. The Kier molecular flexibility index (Phi) is 7.50. The average molecular weight is 397 g/mol. The standard InChI is InChI=1S/C18H18Cl2N2O2S/c1-12-4-7-14(8-5-12)24-10-2-3-17(23)22-18(25)21-13-6-9-15(19)16(20)11-13/h4-9,11H,2-3,10H2,1H3,(H2,21,22,23,25). The third-order valence-electron chi connectivity index (χ3n) is 3.27. The molecule has 0 heterocycles. The highest BCUT2D eigenvalue weighted by molar-refractivity contribution is 7.80. The normalized spacial score (nSPS) is 10.2. The van der Waals surface area contributed by atoms with Crippen LogP contribution >= 0.6 is 35.4 Å². The topological polar surface area (TPSA) is 50.4 Å². The van der Waals surface area contributed by atoms with Gasteiger partial charge in [0.1, 0.15) is 5.75 Å². The second kappa shape index (κ2) is 9.61. The molecule has 0 fully saturated rings. The number of anilines is 1. The average Bonchev–Trinajstić information content (AvgIpc) is 2.56. The highest BCUT2D eigenvalue weighted by Gasteiger charge is 2.06. The number of aryl methyl sites for hydroxylation is 1. The van der Waals surface area contributed by atoms with Gasteiger partial charge in [0.15, 0.2) is 5.11 Å². The van der Waals surface area contributed by atoms with Gasteiger partial charge in [0, 0.05) is 12.1 Å². The van der Waals surface area contributed by atoms with Crippen LogP contribution in [0.1, 0.15) is 18.4 Å². The van der Waals surface area contributed by atoms with E-state index in [2.05, 4.69) is 10.6 Å². The van der Waals surface area contributed by atoms with E-state index in [9.17, 15) is 4.79 Å². The predicted molar refractivity (Wildman–Crippen MR) is 107 cm³/mol. The molecule has 4 nitrogen and oxygen atoms in total. The Morgan fingerprint density at radius 1 is 1.12 bits per heavy atom. The quantitative estimate of drug-likeness (QED) is 0.534. The van der Waals surface area contributed by atoms with E-state index < -0.39 is 0 Å². The molecule has 0 aliphatic heterocycles. The summed E-state index contributed by atoms with van der Waals surface area (Å²) < 4.78 is 5.58. The van der Waals surface area contributed by atoms with E-state index in [4.69, 9.17) is 40.2 Å². The molecule has 0 bridgehead atoms. The summed E-state index contributed by atoms with van der Waals surface area (Å²) in [4.78, 5) is 11.9. The highest BCUT2D eigenvalue weighted by Crippen LogP contribution is 2.24. The fourth-order valence-corrected chi connectivity index (χ4v) is 2.51. The minimum absolute atomic E-state index is 0.176. The van der Waals surface area contributed by atoms with Crippen LogP contribution in [-0.2, 0) is 4.79 Å². The Hall–Kier alpha value is -1.82. The van der Waals surface area contributed by atoms with E-state index in [1.54, 1.807) is 18.2 Å². The van der Waals surface area contributed by atoms with E-state index >= 15 is 0 Å². The molecule has 0 saturated heterocycles. The summed E-state index contributed by atoms with van der Waals surface area (Å²) in [5.41, 5.74) is 1.83. The monoisotopic (exact) mass is 396 g/mol. The first-order valence-corrected chi connectivity index (χ1v) is 8.86. The smallest absolute Gasteiger partial charge is 0.226 e. The molecule has 0 aliphatic rings. The van der Waals surface area contributed by atoms with Gasteiger partial charge in [-0.2, -0.15) is 0 Å². The van der Waals surface area contributed by atoms with E-state index in [-0.39, 0.29) is 11.0 Å². The fraction of sp³-hybridized carbons (Fsp3) is 0.222. The Balaban J connectivity index is 1.67. The lowest BCUT2D eigenvalue weighted by Gasteiger charge is -2.10. The van der Waals surface area contributed by atoms with Crippen LogP contribution in [0.4, 0.5) is 5.69 Å². The third-order valence-corrected chi connectivity index (χ3v) is 4.21. The van der Waals surface area contributed by atoms with Gasteiger partial charge in [0.05, 0.1) is 16.7 Å². The molecular formula is C18H18Cl2N2O2S. The van der Waals surface area contributed by atoms with Crippen LogP contribution in [-0.4, -0.2) is 17.6 Å². The molecule has 0 atom stereocenters. The van der Waals surface area contributed by atoms with Gasteiger partial charge in [-0.15, -0.1) is 0 Å². The molecule has 0 aliphatic carbocycles. The van der Waals surface area contributed by atoms with Crippen molar-refractivity contribution in [2.24, 2.45) is 0 Å². The number of carbonyl (C=O) groups excluding carboxylic acids is 1. The van der Waals surface area contributed by atoms with Crippen molar-refractivity contribution < 1.29 is 9.53 Å². The summed E-state index contributed by atoms with van der Waals surface area (Å²) >= 11 is 16.9. The Morgan fingerprint density at radius 2 is 1.84 bits per heavy atom. The van der Waals surface area contributed by atoms with E-state index in [1.807, 2.05) is 31.2 Å². The zero-order chi connectivity index (χ0) is 18.2. The first kappa shape index (κ1) is 19.5. The van der Waals surface area contributed by atoms with Gasteiger partial charge in [0.2, 0.25) is 5.91 Å². The van der Waals surface area contributed by atoms with E-state index in [0.29, 0.717) is 35.2 Å². The van der Waals surface area contributed by atoms with Gasteiger partial charge in [-0.25, -0.2) is 0 Å². The number of hydrogen-bond donors (Lipinski definition) is 2. The highest BCUT2D eigenvalue weighted by atomic mass is 35.5. The van der Waals surface area contributed by atoms with Crippen LogP contribution in [0.25, 0.3) is 0 Å². The lowest BCUT2D eigenvalue weighted by atomic mass is 10.2. The molecule has 2 N–H and O–H groups in total. The Bertz CT molecular complexity index is 751. The molecule has 0 spiro atoms. The summed E-state index contributed by atoms with van der Waals surface area (Å²) in [5.74, 6) is 0.618. The van der Waals surface area contributed by atoms with Crippen molar-refractivity contribution in [1.82, 2.24) is 5.32 Å². The van der Waals surface area contributed by atoms with Crippen molar-refractivity contribution in [3.05, 3.63) is 58.1 Å². The maximum absolute atomic E-state index is 11.9. The molecule has 25 heavy (non-hydrogen) atoms.